The van der Waals surface area contributed by atoms with Gasteiger partial charge in [0.05, 0.1) is 40.0 Å². The average Bonchev–Trinajstić information content (AvgIpc) is 3.26. The third-order valence-corrected chi connectivity index (χ3v) is 8.72. The highest BCUT2D eigenvalue weighted by atomic mass is 79.9. The Morgan fingerprint density at radius 3 is 2.57 bits per heavy atom. The van der Waals surface area contributed by atoms with Gasteiger partial charge in [-0.1, -0.05) is 70.9 Å². The van der Waals surface area contributed by atoms with Gasteiger partial charge < -0.3 is 14.2 Å². The number of fused-ring (bicyclic) bond motifs is 1. The highest BCUT2D eigenvalue weighted by molar-refractivity contribution is 9.10. The minimum absolute atomic E-state index is 0.202. The predicted molar refractivity (Wildman–Crippen MR) is 168 cm³/mol. The van der Waals surface area contributed by atoms with E-state index in [0.29, 0.717) is 58.8 Å². The van der Waals surface area contributed by atoms with Crippen molar-refractivity contribution in [3.05, 3.63) is 123 Å². The minimum atomic E-state index is -0.668. The zero-order valence-electron chi connectivity index (χ0n) is 22.8. The Kier molecular flexibility index (Phi) is 9.22. The number of benzene rings is 3. The fraction of sp³-hybridized carbons (Fsp3) is 0.194. The molecule has 0 saturated carbocycles. The number of carbonyl (C=O) groups is 1. The van der Waals surface area contributed by atoms with Crippen molar-refractivity contribution in [3.8, 4) is 11.5 Å². The molecule has 0 aliphatic carbocycles. The Bertz CT molecular complexity index is 1890. The molecule has 0 unspecified atom stereocenters. The summed E-state index contributed by atoms with van der Waals surface area (Å²) in [6, 6.07) is 17.6. The standard InChI is InChI=1S/C31H25BrCl2N2O5S/c1-4-40-24-13-18(12-22(32)28(24)41-16-20-10-11-21(33)15-23(20)34)14-25-29(37)36-27(19-8-6-5-7-9-19)26(30(38)39-3)17(2)35-31(36)42-25/h5-15,27H,4,16H2,1-3H3/b25-14-/t27-/m1/s1. The molecule has 1 atom stereocenters. The van der Waals surface area contributed by atoms with Gasteiger partial charge in [0, 0.05) is 15.6 Å². The summed E-state index contributed by atoms with van der Waals surface area (Å²) in [5, 5.41) is 1.05. The molecule has 0 N–H and O–H groups in total. The highest BCUT2D eigenvalue weighted by Gasteiger charge is 2.33. The molecule has 5 rings (SSSR count). The second-order valence-corrected chi connectivity index (χ2v) is 12.0. The van der Waals surface area contributed by atoms with Gasteiger partial charge >= 0.3 is 5.97 Å². The van der Waals surface area contributed by atoms with Crippen molar-refractivity contribution < 1.29 is 19.0 Å². The van der Waals surface area contributed by atoms with Crippen LogP contribution in [0.1, 0.15) is 36.6 Å². The van der Waals surface area contributed by atoms with Crippen molar-refractivity contribution in [1.82, 2.24) is 4.57 Å². The Balaban J connectivity index is 1.57. The van der Waals surface area contributed by atoms with Crippen LogP contribution >= 0.6 is 50.5 Å². The van der Waals surface area contributed by atoms with Gasteiger partial charge in [0.1, 0.15) is 6.61 Å². The van der Waals surface area contributed by atoms with Crippen LogP contribution in [-0.2, 0) is 16.1 Å². The van der Waals surface area contributed by atoms with Crippen molar-refractivity contribution in [2.45, 2.75) is 26.5 Å². The topological polar surface area (TPSA) is 79.1 Å². The van der Waals surface area contributed by atoms with E-state index < -0.39 is 12.0 Å². The average molecular weight is 688 g/mol. The Morgan fingerprint density at radius 1 is 1.12 bits per heavy atom. The van der Waals surface area contributed by atoms with E-state index >= 15 is 0 Å². The quantitative estimate of drug-likeness (QED) is 0.199. The molecule has 4 aromatic rings. The zero-order valence-corrected chi connectivity index (χ0v) is 26.7. The van der Waals surface area contributed by atoms with Crippen molar-refractivity contribution in [2.24, 2.45) is 4.99 Å². The van der Waals surface area contributed by atoms with Gasteiger partial charge in [-0.25, -0.2) is 9.79 Å². The third kappa shape index (κ3) is 6.06. The molecule has 7 nitrogen and oxygen atoms in total. The van der Waals surface area contributed by atoms with E-state index in [2.05, 4.69) is 20.9 Å². The van der Waals surface area contributed by atoms with Crippen LogP contribution in [0, 0.1) is 0 Å². The lowest BCUT2D eigenvalue weighted by Crippen LogP contribution is -2.39. The maximum atomic E-state index is 13.9. The molecule has 2 heterocycles. The van der Waals surface area contributed by atoms with Gasteiger partial charge in [-0.15, -0.1) is 0 Å². The molecule has 42 heavy (non-hydrogen) atoms. The van der Waals surface area contributed by atoms with Crippen molar-refractivity contribution in [3.63, 3.8) is 0 Å². The monoisotopic (exact) mass is 686 g/mol. The molecule has 0 spiro atoms. The zero-order chi connectivity index (χ0) is 30.0. The van der Waals surface area contributed by atoms with Crippen LogP contribution in [0.15, 0.2) is 86.2 Å². The molecule has 1 aliphatic rings. The number of halogens is 3. The molecule has 3 aromatic carbocycles. The second kappa shape index (κ2) is 12.9. The highest BCUT2D eigenvalue weighted by Crippen LogP contribution is 2.38. The van der Waals surface area contributed by atoms with E-state index in [0.717, 1.165) is 11.1 Å². The molecule has 1 aromatic heterocycles. The first-order valence-electron chi connectivity index (χ1n) is 12.9. The maximum Gasteiger partial charge on any atom is 0.338 e. The van der Waals surface area contributed by atoms with Crippen LogP contribution in [-0.4, -0.2) is 24.3 Å². The van der Waals surface area contributed by atoms with Crippen molar-refractivity contribution in [2.75, 3.05) is 13.7 Å². The normalized spacial score (nSPS) is 14.8. The summed E-state index contributed by atoms with van der Waals surface area (Å²) < 4.78 is 19.7. The first kappa shape index (κ1) is 30.1. The van der Waals surface area contributed by atoms with Crippen LogP contribution in [0.5, 0.6) is 11.5 Å². The van der Waals surface area contributed by atoms with Gasteiger partial charge in [0.15, 0.2) is 16.3 Å². The van der Waals surface area contributed by atoms with Gasteiger partial charge in [-0.3, -0.25) is 9.36 Å². The van der Waals surface area contributed by atoms with Crippen LogP contribution < -0.4 is 24.4 Å². The Morgan fingerprint density at radius 2 is 1.88 bits per heavy atom. The maximum absolute atomic E-state index is 13.9. The number of esters is 1. The summed E-state index contributed by atoms with van der Waals surface area (Å²) in [7, 11) is 1.32. The summed E-state index contributed by atoms with van der Waals surface area (Å²) in [4.78, 5) is 31.8. The molecule has 0 saturated heterocycles. The van der Waals surface area contributed by atoms with Crippen molar-refractivity contribution in [1.29, 1.82) is 0 Å². The molecule has 1 aliphatic heterocycles. The SMILES string of the molecule is CCOc1cc(/C=c2\sc3n(c2=O)[C@H](c2ccccc2)C(C(=O)OC)=C(C)N=3)cc(Br)c1OCc1ccc(Cl)cc1Cl. The number of hydrogen-bond acceptors (Lipinski definition) is 7. The lowest BCUT2D eigenvalue weighted by atomic mass is 9.96. The molecule has 0 radical (unpaired) electrons. The lowest BCUT2D eigenvalue weighted by Gasteiger charge is -2.24. The number of aromatic nitrogens is 1. The summed E-state index contributed by atoms with van der Waals surface area (Å²) >= 11 is 17.2. The Hall–Kier alpha value is -3.37. The van der Waals surface area contributed by atoms with E-state index in [1.165, 1.54) is 18.4 Å². The summed E-state index contributed by atoms with van der Waals surface area (Å²) in [6.45, 7) is 4.24. The van der Waals surface area contributed by atoms with Crippen molar-refractivity contribution >= 4 is 62.5 Å². The number of hydrogen-bond donors (Lipinski definition) is 0. The van der Waals surface area contributed by atoms with E-state index in [1.54, 1.807) is 29.7 Å². The fourth-order valence-corrected chi connectivity index (χ4v) is 6.74. The van der Waals surface area contributed by atoms with Gasteiger partial charge in [-0.05, 0) is 71.2 Å². The van der Waals surface area contributed by atoms with E-state index in [1.807, 2.05) is 55.5 Å². The summed E-state index contributed by atoms with van der Waals surface area (Å²) in [5.41, 5.74) is 2.83. The molecule has 0 amide bonds. The number of allylic oxidation sites excluding steroid dienone is 1. The number of methoxy groups -OCH3 is 1. The summed E-state index contributed by atoms with van der Waals surface area (Å²) in [5.74, 6) is 0.478. The number of nitrogens with zero attached hydrogens (tertiary/aromatic N) is 2. The molecule has 0 fully saturated rings. The molecule has 216 valence electrons. The lowest BCUT2D eigenvalue weighted by molar-refractivity contribution is -0.136. The van der Waals surface area contributed by atoms with E-state index in [9.17, 15) is 9.59 Å². The largest absolute Gasteiger partial charge is 0.490 e. The predicted octanol–water partition coefficient (Wildman–Crippen LogP) is 6.46. The molecule has 0 bridgehead atoms. The molecular weight excluding hydrogens is 663 g/mol. The Labute approximate surface area is 264 Å². The second-order valence-electron chi connectivity index (χ2n) is 9.27. The summed E-state index contributed by atoms with van der Waals surface area (Å²) in [6.07, 6.45) is 1.77. The number of thiazole rings is 1. The number of carbonyl (C=O) groups excluding carboxylic acids is 1. The first-order valence-corrected chi connectivity index (χ1v) is 15.3. The smallest absolute Gasteiger partial charge is 0.338 e. The molecular formula is C31H25BrCl2N2O5S. The van der Waals surface area contributed by atoms with Gasteiger partial charge in [-0.2, -0.15) is 0 Å². The van der Waals surface area contributed by atoms with Gasteiger partial charge in [0.25, 0.3) is 5.56 Å². The number of rotatable bonds is 8. The van der Waals surface area contributed by atoms with Crippen LogP contribution in [0.4, 0.5) is 0 Å². The number of ether oxygens (including phenoxy) is 3. The minimum Gasteiger partial charge on any atom is -0.490 e. The molecule has 11 heteroatoms. The first-order chi connectivity index (χ1) is 20.2. The van der Waals surface area contributed by atoms with E-state index in [4.69, 9.17) is 37.4 Å². The van der Waals surface area contributed by atoms with Crippen LogP contribution in [0.3, 0.4) is 0 Å². The van der Waals surface area contributed by atoms with E-state index in [-0.39, 0.29) is 12.2 Å². The fourth-order valence-electron chi connectivity index (χ4n) is 4.66. The van der Waals surface area contributed by atoms with Crippen LogP contribution in [0.2, 0.25) is 10.0 Å². The third-order valence-electron chi connectivity index (χ3n) is 6.56. The van der Waals surface area contributed by atoms with Gasteiger partial charge in [0.2, 0.25) is 0 Å². The van der Waals surface area contributed by atoms with Crippen LogP contribution in [0.25, 0.3) is 6.08 Å².